The monoisotopic (exact) mass is 790 g/mol. The molecule has 10 nitrogen and oxygen atoms in total. The molecule has 0 saturated carbocycles. The maximum atomic E-state index is 13.0. The van der Waals surface area contributed by atoms with E-state index in [1.54, 1.807) is 101 Å². The van der Waals surface area contributed by atoms with Crippen LogP contribution in [0.15, 0.2) is 141 Å². The third-order valence-corrected chi connectivity index (χ3v) is 8.12. The number of para-hydroxylation sites is 4. The van der Waals surface area contributed by atoms with Crippen molar-refractivity contribution in [2.24, 2.45) is 31.8 Å². The number of hydrogen-bond donors (Lipinski definition) is 2. The topological polar surface area (TPSA) is 142 Å². The van der Waals surface area contributed by atoms with Gasteiger partial charge in [-0.3, -0.25) is 29.6 Å². The molecule has 55 heavy (non-hydrogen) atoms. The number of carbonyl (C=O) groups is 2. The van der Waals surface area contributed by atoms with Crippen LogP contribution in [-0.2, 0) is 35.6 Å². The number of carbonyl (C=O) groups excluding carboxylic acids is 2. The number of ether oxygens (including phenoxy) is 2. The molecule has 2 aliphatic rings. The Labute approximate surface area is 327 Å². The molecule has 4 atom stereocenters. The Morgan fingerprint density at radius 3 is 1.24 bits per heavy atom. The summed E-state index contributed by atoms with van der Waals surface area (Å²) < 4.78 is 36.3. The molecule has 4 aromatic carbocycles. The number of aliphatic hydroxyl groups excluding tert-OH is 2. The van der Waals surface area contributed by atoms with Crippen molar-refractivity contribution >= 4 is 58.5 Å². The van der Waals surface area contributed by atoms with Gasteiger partial charge in [-0.2, -0.15) is 0 Å². The van der Waals surface area contributed by atoms with E-state index in [-0.39, 0.29) is 39.6 Å². The Bertz CT molecular complexity index is 2030. The zero-order valence-corrected chi connectivity index (χ0v) is 31.2. The predicted molar refractivity (Wildman–Crippen MR) is 205 cm³/mol. The molecule has 0 fully saturated rings. The zero-order valence-electron chi connectivity index (χ0n) is 30.2. The molecule has 2 heterocycles. The van der Waals surface area contributed by atoms with E-state index in [1.165, 1.54) is 36.4 Å². The van der Waals surface area contributed by atoms with Crippen molar-refractivity contribution in [3.63, 3.8) is 0 Å². The van der Waals surface area contributed by atoms with E-state index in [2.05, 4.69) is 20.0 Å². The second-order valence-corrected chi connectivity index (χ2v) is 12.4. The summed E-state index contributed by atoms with van der Waals surface area (Å²) in [6, 6.07) is 26.3. The van der Waals surface area contributed by atoms with E-state index in [9.17, 15) is 28.6 Å². The van der Waals surface area contributed by atoms with Gasteiger partial charge in [-0.1, -0.05) is 48.5 Å². The molecule has 4 aromatic rings. The van der Waals surface area contributed by atoms with Crippen LogP contribution in [0.2, 0.25) is 0 Å². The van der Waals surface area contributed by atoms with Crippen molar-refractivity contribution in [1.29, 1.82) is 0 Å². The molecule has 286 valence electrons. The van der Waals surface area contributed by atoms with Gasteiger partial charge in [-0.05, 0) is 99.5 Å². The Morgan fingerprint density at radius 2 is 0.909 bits per heavy atom. The fourth-order valence-electron chi connectivity index (χ4n) is 5.49. The van der Waals surface area contributed by atoms with Crippen LogP contribution in [0.1, 0.15) is 38.8 Å². The molecular formula is C42H38F2N4NiO6. The molecule has 0 spiro atoms. The van der Waals surface area contributed by atoms with E-state index >= 15 is 0 Å². The van der Waals surface area contributed by atoms with Crippen LogP contribution in [-0.4, -0.2) is 58.2 Å². The number of esters is 2. The average molecular weight is 791 g/mol. The second kappa shape index (κ2) is 19.3. The van der Waals surface area contributed by atoms with Gasteiger partial charge in [0.2, 0.25) is 0 Å². The van der Waals surface area contributed by atoms with Gasteiger partial charge < -0.3 is 19.7 Å². The first kappa shape index (κ1) is 41.7. The van der Waals surface area contributed by atoms with Gasteiger partial charge in [-0.15, -0.1) is 0 Å². The smallest absolute Gasteiger partial charge is 0.323 e. The second-order valence-electron chi connectivity index (χ2n) is 12.4. The number of benzene rings is 4. The number of halogens is 2. The minimum Gasteiger partial charge on any atom is -0.511 e. The minimum atomic E-state index is -0.921. The quantitative estimate of drug-likeness (QED) is 0.104. The fraction of sp³-hybridized carbons (Fsp3) is 0.190. The largest absolute Gasteiger partial charge is 0.511 e. The standard InChI is InChI=1S/2C21H19FN2O3.Ni/c2*1-13-11-19(25)20(21(26)27-13)14(2)24-18-6-4-3-5-17(18)23-12-15-7-9-16(22)10-8-15;/h2*3-13,20,25H,1-2H3;. The first-order valence-corrected chi connectivity index (χ1v) is 17.0. The Kier molecular flexibility index (Phi) is 14.6. The Balaban J connectivity index is 0.000000240. The normalized spacial score (nSPS) is 20.1. The van der Waals surface area contributed by atoms with Gasteiger partial charge in [0.05, 0.1) is 22.7 Å². The van der Waals surface area contributed by atoms with Crippen molar-refractivity contribution in [3.8, 4) is 0 Å². The first-order valence-electron chi connectivity index (χ1n) is 17.0. The van der Waals surface area contributed by atoms with Crippen molar-refractivity contribution < 1.29 is 54.5 Å². The molecule has 2 aliphatic heterocycles. The summed E-state index contributed by atoms with van der Waals surface area (Å²) in [5.41, 5.74) is 4.58. The van der Waals surface area contributed by atoms with E-state index in [0.29, 0.717) is 34.2 Å². The predicted octanol–water partition coefficient (Wildman–Crippen LogP) is 9.34. The average Bonchev–Trinajstić information content (AvgIpc) is 3.12. The molecule has 0 radical (unpaired) electrons. The molecule has 0 aliphatic carbocycles. The third-order valence-electron chi connectivity index (χ3n) is 8.12. The van der Waals surface area contributed by atoms with Gasteiger partial charge in [0, 0.05) is 40.3 Å². The molecule has 13 heteroatoms. The summed E-state index contributed by atoms with van der Waals surface area (Å²) in [5, 5.41) is 20.2. The summed E-state index contributed by atoms with van der Waals surface area (Å²) in [4.78, 5) is 42.0. The molecular weight excluding hydrogens is 753 g/mol. The third kappa shape index (κ3) is 11.5. The Morgan fingerprint density at radius 1 is 0.582 bits per heavy atom. The summed E-state index contributed by atoms with van der Waals surface area (Å²) in [6.45, 7) is 6.67. The van der Waals surface area contributed by atoms with Crippen LogP contribution < -0.4 is 0 Å². The SMILES string of the molecule is CC(=Nc1ccccc1N=Cc1ccc(F)cc1)C1C(=O)OC(C)C=C1O.CC(=Nc1ccccc1N=Cc1ccc(F)cc1)C1C(=O)OC(C)C=C1O.[Ni]. The van der Waals surface area contributed by atoms with Crippen molar-refractivity contribution in [1.82, 2.24) is 0 Å². The van der Waals surface area contributed by atoms with Crippen LogP contribution in [0.5, 0.6) is 0 Å². The van der Waals surface area contributed by atoms with Gasteiger partial charge in [0.1, 0.15) is 35.4 Å². The number of aliphatic imine (C=N–C) groups is 4. The molecule has 2 N–H and O–H groups in total. The van der Waals surface area contributed by atoms with E-state index in [0.717, 1.165) is 11.1 Å². The fourth-order valence-corrected chi connectivity index (χ4v) is 5.49. The van der Waals surface area contributed by atoms with Crippen molar-refractivity contribution in [3.05, 3.63) is 143 Å². The molecule has 0 amide bonds. The zero-order chi connectivity index (χ0) is 38.8. The molecule has 0 aromatic heterocycles. The van der Waals surface area contributed by atoms with E-state index in [1.807, 2.05) is 12.1 Å². The number of aliphatic hydroxyl groups is 2. The molecule has 6 rings (SSSR count). The van der Waals surface area contributed by atoms with Crippen molar-refractivity contribution in [2.45, 2.75) is 39.9 Å². The maximum Gasteiger partial charge on any atom is 0.323 e. The Hall–Kier alpha value is -6.07. The van der Waals surface area contributed by atoms with Crippen molar-refractivity contribution in [2.75, 3.05) is 0 Å². The van der Waals surface area contributed by atoms with E-state index < -0.39 is 36.0 Å². The summed E-state index contributed by atoms with van der Waals surface area (Å²) in [6.07, 6.45) is 5.27. The number of cyclic esters (lactones) is 2. The maximum absolute atomic E-state index is 13.0. The van der Waals surface area contributed by atoms with Crippen LogP contribution >= 0.6 is 0 Å². The molecule has 0 saturated heterocycles. The summed E-state index contributed by atoms with van der Waals surface area (Å²) in [5.74, 6) is -3.65. The van der Waals surface area contributed by atoms with Crippen LogP contribution in [0.4, 0.5) is 31.5 Å². The molecule has 4 unspecified atom stereocenters. The van der Waals surface area contributed by atoms with Gasteiger partial charge in [0.15, 0.2) is 11.8 Å². The summed E-state index contributed by atoms with van der Waals surface area (Å²) >= 11 is 0. The van der Waals surface area contributed by atoms with Gasteiger partial charge >= 0.3 is 11.9 Å². The molecule has 0 bridgehead atoms. The summed E-state index contributed by atoms with van der Waals surface area (Å²) in [7, 11) is 0. The number of rotatable bonds is 8. The van der Waals surface area contributed by atoms with Crippen LogP contribution in [0.25, 0.3) is 0 Å². The van der Waals surface area contributed by atoms with E-state index in [4.69, 9.17) is 9.47 Å². The first-order chi connectivity index (χ1) is 25.9. The van der Waals surface area contributed by atoms with Crippen LogP contribution in [0, 0.1) is 23.5 Å². The van der Waals surface area contributed by atoms with Gasteiger partial charge in [-0.25, -0.2) is 8.78 Å². The van der Waals surface area contributed by atoms with Gasteiger partial charge in [0.25, 0.3) is 0 Å². The number of hydrogen-bond acceptors (Lipinski definition) is 10. The number of nitrogens with zero attached hydrogens (tertiary/aromatic N) is 4. The van der Waals surface area contributed by atoms with Crippen LogP contribution in [0.3, 0.4) is 0 Å². The minimum absolute atomic E-state index is 0.